The molecule has 88 valence electrons. The lowest BCUT2D eigenvalue weighted by molar-refractivity contribution is 0.0699. The van der Waals surface area contributed by atoms with Crippen LogP contribution in [0.1, 0.15) is 23.7 Å². The predicted molar refractivity (Wildman–Crippen MR) is 64.0 cm³/mol. The van der Waals surface area contributed by atoms with Gasteiger partial charge in [0.1, 0.15) is 5.52 Å². The molecule has 1 N–H and O–H groups in total. The van der Waals surface area contributed by atoms with Crippen molar-refractivity contribution < 1.29 is 9.90 Å². The molecule has 2 aromatic rings. The van der Waals surface area contributed by atoms with Crippen LogP contribution < -0.4 is 0 Å². The van der Waals surface area contributed by atoms with Crippen molar-refractivity contribution in [1.82, 2.24) is 9.55 Å². The summed E-state index contributed by atoms with van der Waals surface area (Å²) in [6, 6.07) is 5.31. The molecule has 1 fully saturated rings. The highest BCUT2D eigenvalue weighted by Gasteiger charge is 2.32. The second-order valence-electron chi connectivity index (χ2n) is 4.85. The number of carboxylic acid groups (broad SMARTS) is 1. The maximum atomic E-state index is 11.1. The molecule has 2 atom stereocenters. The van der Waals surface area contributed by atoms with Crippen LogP contribution in [0.25, 0.3) is 11.0 Å². The average Bonchev–Trinajstić information content (AvgIpc) is 2.84. The number of hydrogen-bond acceptors (Lipinski definition) is 2. The fraction of sp³-hybridized carbons (Fsp3) is 0.385. The molecule has 17 heavy (non-hydrogen) atoms. The molecule has 1 aromatic heterocycles. The first kappa shape index (κ1) is 10.3. The average molecular weight is 230 g/mol. The van der Waals surface area contributed by atoms with E-state index >= 15 is 0 Å². The van der Waals surface area contributed by atoms with Gasteiger partial charge in [-0.15, -0.1) is 0 Å². The lowest BCUT2D eigenvalue weighted by atomic mass is 10.2. The molecule has 3 rings (SSSR count). The van der Waals surface area contributed by atoms with Gasteiger partial charge in [-0.1, -0.05) is 13.0 Å². The first-order valence-corrected chi connectivity index (χ1v) is 5.84. The van der Waals surface area contributed by atoms with E-state index in [0.717, 1.165) is 23.9 Å². The Morgan fingerprint density at radius 2 is 2.35 bits per heavy atom. The number of hydrogen-bond donors (Lipinski definition) is 1. The standard InChI is InChI=1S/C13H14N2O2/c1-8-5-9(8)6-15-7-14-12-10(13(16)17)3-2-4-11(12)15/h2-4,7-9H,5-6H2,1H3,(H,16,17). The molecule has 1 aromatic carbocycles. The number of fused-ring (bicyclic) bond motifs is 1. The first-order valence-electron chi connectivity index (χ1n) is 5.84. The Labute approximate surface area is 98.9 Å². The number of nitrogens with zero attached hydrogens (tertiary/aromatic N) is 2. The smallest absolute Gasteiger partial charge is 0.337 e. The molecule has 1 aliphatic carbocycles. The zero-order chi connectivity index (χ0) is 12.0. The molecule has 4 heteroatoms. The summed E-state index contributed by atoms with van der Waals surface area (Å²) in [7, 11) is 0. The molecule has 1 heterocycles. The number of rotatable bonds is 3. The molecule has 4 nitrogen and oxygen atoms in total. The second-order valence-corrected chi connectivity index (χ2v) is 4.85. The van der Waals surface area contributed by atoms with Crippen molar-refractivity contribution >= 4 is 17.0 Å². The van der Waals surface area contributed by atoms with Gasteiger partial charge in [-0.2, -0.15) is 0 Å². The Bertz CT molecular complexity index is 588. The van der Waals surface area contributed by atoms with Crippen LogP contribution >= 0.6 is 0 Å². The Morgan fingerprint density at radius 1 is 1.59 bits per heavy atom. The minimum absolute atomic E-state index is 0.282. The lowest BCUT2D eigenvalue weighted by Crippen LogP contribution is -2.00. The zero-order valence-corrected chi connectivity index (χ0v) is 9.63. The van der Waals surface area contributed by atoms with Gasteiger partial charge in [-0.25, -0.2) is 9.78 Å². The van der Waals surface area contributed by atoms with Crippen molar-refractivity contribution in [3.8, 4) is 0 Å². The van der Waals surface area contributed by atoms with E-state index in [4.69, 9.17) is 5.11 Å². The maximum absolute atomic E-state index is 11.1. The molecule has 2 unspecified atom stereocenters. The van der Waals surface area contributed by atoms with Gasteiger partial charge in [0, 0.05) is 6.54 Å². The number of benzene rings is 1. The molecule has 0 amide bonds. The fourth-order valence-electron chi connectivity index (χ4n) is 2.31. The van der Waals surface area contributed by atoms with E-state index in [0.29, 0.717) is 5.52 Å². The van der Waals surface area contributed by atoms with Gasteiger partial charge in [0.15, 0.2) is 0 Å². The summed E-state index contributed by atoms with van der Waals surface area (Å²) in [6.07, 6.45) is 3.01. The fourth-order valence-corrected chi connectivity index (χ4v) is 2.31. The van der Waals surface area contributed by atoms with Gasteiger partial charge in [-0.3, -0.25) is 0 Å². The van der Waals surface area contributed by atoms with Crippen LogP contribution in [-0.4, -0.2) is 20.6 Å². The minimum atomic E-state index is -0.916. The van der Waals surface area contributed by atoms with E-state index in [9.17, 15) is 4.79 Å². The zero-order valence-electron chi connectivity index (χ0n) is 9.63. The van der Waals surface area contributed by atoms with Crippen LogP contribution in [0.4, 0.5) is 0 Å². The van der Waals surface area contributed by atoms with Gasteiger partial charge in [-0.05, 0) is 30.4 Å². The summed E-state index contributed by atoms with van der Waals surface area (Å²) in [4.78, 5) is 15.3. The van der Waals surface area contributed by atoms with Gasteiger partial charge in [0.05, 0.1) is 17.4 Å². The molecule has 1 aliphatic rings. The summed E-state index contributed by atoms with van der Waals surface area (Å²) in [5, 5.41) is 9.08. The number of carbonyl (C=O) groups is 1. The minimum Gasteiger partial charge on any atom is -0.478 e. The summed E-state index contributed by atoms with van der Waals surface area (Å²) in [5.74, 6) is 0.594. The van der Waals surface area contributed by atoms with Crippen LogP contribution in [0.2, 0.25) is 0 Å². The van der Waals surface area contributed by atoms with E-state index in [1.807, 2.05) is 6.07 Å². The Morgan fingerprint density at radius 3 is 3.00 bits per heavy atom. The molecule has 1 saturated carbocycles. The molecule has 0 saturated heterocycles. The quantitative estimate of drug-likeness (QED) is 0.880. The van der Waals surface area contributed by atoms with E-state index in [1.54, 1.807) is 18.5 Å². The third kappa shape index (κ3) is 1.69. The summed E-state index contributed by atoms with van der Waals surface area (Å²) < 4.78 is 2.07. The topological polar surface area (TPSA) is 55.1 Å². The van der Waals surface area contributed by atoms with Crippen molar-refractivity contribution in [3.63, 3.8) is 0 Å². The Kier molecular flexibility index (Phi) is 2.18. The number of aromatic carboxylic acids is 1. The predicted octanol–water partition coefficient (Wildman–Crippen LogP) is 2.39. The SMILES string of the molecule is CC1CC1Cn1cnc2c(C(=O)O)cccc21. The van der Waals surface area contributed by atoms with E-state index in [-0.39, 0.29) is 5.56 Å². The van der Waals surface area contributed by atoms with Gasteiger partial charge < -0.3 is 9.67 Å². The van der Waals surface area contributed by atoms with Crippen molar-refractivity contribution in [3.05, 3.63) is 30.1 Å². The number of aromatic nitrogens is 2. The van der Waals surface area contributed by atoms with Crippen LogP contribution in [0.15, 0.2) is 24.5 Å². The largest absolute Gasteiger partial charge is 0.478 e. The van der Waals surface area contributed by atoms with Crippen LogP contribution in [-0.2, 0) is 6.54 Å². The molecular formula is C13H14N2O2. The van der Waals surface area contributed by atoms with Crippen molar-refractivity contribution in [2.45, 2.75) is 19.9 Å². The van der Waals surface area contributed by atoms with Crippen LogP contribution in [0.5, 0.6) is 0 Å². The molecule has 0 bridgehead atoms. The second kappa shape index (κ2) is 3.58. The highest BCUT2D eigenvalue weighted by Crippen LogP contribution is 2.39. The van der Waals surface area contributed by atoms with Crippen molar-refractivity contribution in [1.29, 1.82) is 0 Å². The summed E-state index contributed by atoms with van der Waals surface area (Å²) in [5.41, 5.74) is 1.79. The first-order chi connectivity index (χ1) is 8.16. The Balaban J connectivity index is 2.03. The van der Waals surface area contributed by atoms with E-state index in [2.05, 4.69) is 16.5 Å². The van der Waals surface area contributed by atoms with Gasteiger partial charge in [0.2, 0.25) is 0 Å². The number of carboxylic acids is 1. The molecular weight excluding hydrogens is 216 g/mol. The third-order valence-electron chi connectivity index (χ3n) is 3.59. The normalized spacial score (nSPS) is 22.9. The van der Waals surface area contributed by atoms with Crippen molar-refractivity contribution in [2.24, 2.45) is 11.8 Å². The van der Waals surface area contributed by atoms with Gasteiger partial charge >= 0.3 is 5.97 Å². The summed E-state index contributed by atoms with van der Waals surface area (Å²) >= 11 is 0. The van der Waals surface area contributed by atoms with E-state index < -0.39 is 5.97 Å². The molecule has 0 aliphatic heterocycles. The van der Waals surface area contributed by atoms with Crippen LogP contribution in [0, 0.1) is 11.8 Å². The maximum Gasteiger partial charge on any atom is 0.337 e. The lowest BCUT2D eigenvalue weighted by Gasteiger charge is -2.03. The molecule has 0 spiro atoms. The van der Waals surface area contributed by atoms with Crippen LogP contribution in [0.3, 0.4) is 0 Å². The highest BCUT2D eigenvalue weighted by molar-refractivity contribution is 6.00. The van der Waals surface area contributed by atoms with Crippen molar-refractivity contribution in [2.75, 3.05) is 0 Å². The summed E-state index contributed by atoms with van der Waals surface area (Å²) in [6.45, 7) is 3.19. The third-order valence-corrected chi connectivity index (χ3v) is 3.59. The van der Waals surface area contributed by atoms with E-state index in [1.165, 1.54) is 6.42 Å². The monoisotopic (exact) mass is 230 g/mol. The molecule has 0 radical (unpaired) electrons. The number of para-hydroxylation sites is 1. The highest BCUT2D eigenvalue weighted by atomic mass is 16.4. The Hall–Kier alpha value is -1.84. The van der Waals surface area contributed by atoms with Gasteiger partial charge in [0.25, 0.3) is 0 Å². The number of imidazole rings is 1.